The van der Waals surface area contributed by atoms with Crippen molar-refractivity contribution in [3.05, 3.63) is 29.8 Å². The van der Waals surface area contributed by atoms with Crippen LogP contribution in [0.15, 0.2) is 18.3 Å². The van der Waals surface area contributed by atoms with Gasteiger partial charge in [-0.15, -0.1) is 0 Å². The molecule has 5 nitrogen and oxygen atoms in total. The van der Waals surface area contributed by atoms with E-state index >= 15 is 0 Å². The molecule has 0 fully saturated rings. The Morgan fingerprint density at radius 2 is 2.41 bits per heavy atom. The molecule has 0 aliphatic carbocycles. The summed E-state index contributed by atoms with van der Waals surface area (Å²) in [6, 6.07) is 2.18. The van der Waals surface area contributed by atoms with Gasteiger partial charge in [0.25, 0.3) is 5.91 Å². The molecule has 1 aromatic heterocycles. The number of hydrogen-bond acceptors (Lipinski definition) is 4. The molecule has 0 saturated heterocycles. The third-order valence-electron chi connectivity index (χ3n) is 2.14. The number of hydrogen-bond donors (Lipinski definition) is 2. The average molecular weight is 242 g/mol. The van der Waals surface area contributed by atoms with Crippen LogP contribution < -0.4 is 5.32 Å². The van der Waals surface area contributed by atoms with Crippen molar-refractivity contribution in [3.63, 3.8) is 0 Å². The number of aliphatic hydroxyl groups is 1. The zero-order valence-electron chi connectivity index (χ0n) is 9.52. The van der Waals surface area contributed by atoms with E-state index in [-0.39, 0.29) is 18.3 Å². The highest BCUT2D eigenvalue weighted by Crippen LogP contribution is 2.00. The lowest BCUT2D eigenvalue weighted by Crippen LogP contribution is -2.39. The zero-order valence-corrected chi connectivity index (χ0v) is 9.52. The van der Waals surface area contributed by atoms with E-state index in [1.54, 1.807) is 0 Å². The van der Waals surface area contributed by atoms with E-state index in [1.165, 1.54) is 19.2 Å². The maximum Gasteiger partial charge on any atom is 0.270 e. The molecular formula is C11H15FN2O3. The Hall–Kier alpha value is -1.53. The van der Waals surface area contributed by atoms with Crippen molar-refractivity contribution in [1.29, 1.82) is 0 Å². The molecule has 0 radical (unpaired) electrons. The fourth-order valence-electron chi connectivity index (χ4n) is 1.32. The highest BCUT2D eigenvalue weighted by molar-refractivity contribution is 5.92. The molecule has 0 saturated carbocycles. The molecule has 0 bridgehead atoms. The number of carbonyl (C=O) groups excluding carboxylic acids is 1. The van der Waals surface area contributed by atoms with Crippen molar-refractivity contribution < 1.29 is 19.0 Å². The molecule has 1 amide bonds. The van der Waals surface area contributed by atoms with Gasteiger partial charge in [-0.25, -0.2) is 9.37 Å². The predicted octanol–water partition coefficient (Wildman–Crippen LogP) is 0.348. The third-order valence-corrected chi connectivity index (χ3v) is 2.14. The van der Waals surface area contributed by atoms with Crippen LogP contribution in [0.2, 0.25) is 0 Å². The largest absolute Gasteiger partial charge is 0.396 e. The minimum absolute atomic E-state index is 0.0504. The first-order valence-corrected chi connectivity index (χ1v) is 5.19. The molecule has 1 aromatic rings. The lowest BCUT2D eigenvalue weighted by Gasteiger charge is -2.16. The molecule has 0 spiro atoms. The van der Waals surface area contributed by atoms with E-state index in [9.17, 15) is 9.18 Å². The Kier molecular flexibility index (Phi) is 5.51. The third kappa shape index (κ3) is 4.46. The normalized spacial score (nSPS) is 12.2. The number of nitrogens with one attached hydrogen (secondary N) is 1. The second kappa shape index (κ2) is 6.93. The topological polar surface area (TPSA) is 71.5 Å². The first-order valence-electron chi connectivity index (χ1n) is 5.19. The highest BCUT2D eigenvalue weighted by atomic mass is 19.1. The van der Waals surface area contributed by atoms with Crippen LogP contribution in [0.1, 0.15) is 16.9 Å². The predicted molar refractivity (Wildman–Crippen MR) is 59.0 cm³/mol. The van der Waals surface area contributed by atoms with Crippen molar-refractivity contribution in [2.24, 2.45) is 0 Å². The van der Waals surface area contributed by atoms with Crippen molar-refractivity contribution >= 4 is 5.91 Å². The van der Waals surface area contributed by atoms with Crippen molar-refractivity contribution in [1.82, 2.24) is 10.3 Å². The van der Waals surface area contributed by atoms with Crippen LogP contribution in [-0.4, -0.2) is 42.4 Å². The quantitative estimate of drug-likeness (QED) is 0.755. The second-order valence-corrected chi connectivity index (χ2v) is 3.50. The van der Waals surface area contributed by atoms with Gasteiger partial charge in [0.05, 0.1) is 18.8 Å². The van der Waals surface area contributed by atoms with E-state index < -0.39 is 11.7 Å². The summed E-state index contributed by atoms with van der Waals surface area (Å²) in [5.74, 6) is -0.911. The summed E-state index contributed by atoms with van der Waals surface area (Å²) in [5, 5.41) is 11.5. The molecule has 94 valence electrons. The van der Waals surface area contributed by atoms with Crippen molar-refractivity contribution in [3.8, 4) is 0 Å². The number of aromatic nitrogens is 1. The van der Waals surface area contributed by atoms with Gasteiger partial charge in [-0.05, 0) is 18.6 Å². The summed E-state index contributed by atoms with van der Waals surface area (Å²) in [5.41, 5.74) is 0.130. The SMILES string of the molecule is COCC(CCO)NC(=O)c1ccc(F)cn1. The summed E-state index contributed by atoms with van der Waals surface area (Å²) in [7, 11) is 1.51. The molecule has 0 aliphatic heterocycles. The summed E-state index contributed by atoms with van der Waals surface area (Å²) >= 11 is 0. The van der Waals surface area contributed by atoms with Crippen LogP contribution in [0.4, 0.5) is 4.39 Å². The van der Waals surface area contributed by atoms with Gasteiger partial charge in [0, 0.05) is 13.7 Å². The summed E-state index contributed by atoms with van der Waals surface area (Å²) in [6.45, 7) is 0.249. The van der Waals surface area contributed by atoms with E-state index in [2.05, 4.69) is 10.3 Å². The fourth-order valence-corrected chi connectivity index (χ4v) is 1.32. The standard InChI is InChI=1S/C11H15FN2O3/c1-17-7-9(4-5-15)14-11(16)10-3-2-8(12)6-13-10/h2-3,6,9,15H,4-5,7H2,1H3,(H,14,16). The minimum Gasteiger partial charge on any atom is -0.396 e. The van der Waals surface area contributed by atoms with Gasteiger partial charge in [0.1, 0.15) is 11.5 Å². The number of halogens is 1. The smallest absolute Gasteiger partial charge is 0.270 e. The summed E-state index contributed by atoms with van der Waals surface area (Å²) in [4.78, 5) is 15.3. The number of ether oxygens (including phenoxy) is 1. The molecule has 1 unspecified atom stereocenters. The number of pyridine rings is 1. The molecule has 0 aliphatic rings. The number of nitrogens with zero attached hydrogens (tertiary/aromatic N) is 1. The van der Waals surface area contributed by atoms with Gasteiger partial charge in [-0.1, -0.05) is 0 Å². The molecule has 2 N–H and O–H groups in total. The number of amides is 1. The van der Waals surface area contributed by atoms with Crippen LogP contribution in [0.25, 0.3) is 0 Å². The number of carbonyl (C=O) groups is 1. The minimum atomic E-state index is -0.495. The number of aliphatic hydroxyl groups excluding tert-OH is 1. The summed E-state index contributed by atoms with van der Waals surface area (Å²) in [6.07, 6.45) is 1.37. The Balaban J connectivity index is 2.60. The van der Waals surface area contributed by atoms with Crippen LogP contribution in [0.5, 0.6) is 0 Å². The second-order valence-electron chi connectivity index (χ2n) is 3.50. The van der Waals surface area contributed by atoms with Crippen molar-refractivity contribution in [2.75, 3.05) is 20.3 Å². The van der Waals surface area contributed by atoms with E-state index in [0.29, 0.717) is 13.0 Å². The van der Waals surface area contributed by atoms with Gasteiger partial charge in [-0.3, -0.25) is 4.79 Å². The molecule has 6 heteroatoms. The Morgan fingerprint density at radius 3 is 2.94 bits per heavy atom. The summed E-state index contributed by atoms with van der Waals surface area (Å²) < 4.78 is 17.5. The lowest BCUT2D eigenvalue weighted by molar-refractivity contribution is 0.0873. The Morgan fingerprint density at radius 1 is 1.65 bits per heavy atom. The molecule has 1 rings (SSSR count). The first-order chi connectivity index (χ1) is 8.17. The van der Waals surface area contributed by atoms with Crippen LogP contribution in [0, 0.1) is 5.82 Å². The van der Waals surface area contributed by atoms with E-state index in [4.69, 9.17) is 9.84 Å². The van der Waals surface area contributed by atoms with Gasteiger partial charge in [0.2, 0.25) is 0 Å². The molecule has 17 heavy (non-hydrogen) atoms. The zero-order chi connectivity index (χ0) is 12.7. The Bertz CT molecular complexity index is 350. The van der Waals surface area contributed by atoms with Gasteiger partial charge >= 0.3 is 0 Å². The maximum atomic E-state index is 12.6. The maximum absolute atomic E-state index is 12.6. The highest BCUT2D eigenvalue weighted by Gasteiger charge is 2.14. The van der Waals surface area contributed by atoms with Crippen LogP contribution in [-0.2, 0) is 4.74 Å². The lowest BCUT2D eigenvalue weighted by atomic mass is 10.2. The van der Waals surface area contributed by atoms with Gasteiger partial charge in [0.15, 0.2) is 0 Å². The number of methoxy groups -OCH3 is 1. The monoisotopic (exact) mass is 242 g/mol. The van der Waals surface area contributed by atoms with Gasteiger partial charge < -0.3 is 15.2 Å². The fraction of sp³-hybridized carbons (Fsp3) is 0.455. The van der Waals surface area contributed by atoms with Crippen LogP contribution in [0.3, 0.4) is 0 Å². The molecular weight excluding hydrogens is 227 g/mol. The van der Waals surface area contributed by atoms with E-state index in [1.807, 2.05) is 0 Å². The average Bonchev–Trinajstić information content (AvgIpc) is 2.30. The van der Waals surface area contributed by atoms with Crippen molar-refractivity contribution in [2.45, 2.75) is 12.5 Å². The molecule has 0 aromatic carbocycles. The molecule has 1 heterocycles. The molecule has 1 atom stereocenters. The first kappa shape index (κ1) is 13.5. The van der Waals surface area contributed by atoms with Gasteiger partial charge in [-0.2, -0.15) is 0 Å². The Labute approximate surface area is 98.6 Å². The van der Waals surface area contributed by atoms with Crippen LogP contribution >= 0.6 is 0 Å². The number of rotatable bonds is 6. The van der Waals surface area contributed by atoms with E-state index in [0.717, 1.165) is 6.20 Å².